The van der Waals surface area contributed by atoms with Gasteiger partial charge in [0.15, 0.2) is 0 Å². The number of nitrogens with one attached hydrogen (secondary N) is 1. The zero-order valence-electron chi connectivity index (χ0n) is 10.3. The fourth-order valence-corrected chi connectivity index (χ4v) is 1.54. The van der Waals surface area contributed by atoms with E-state index in [0.717, 1.165) is 10.6 Å². The second-order valence-electron chi connectivity index (χ2n) is 3.81. The number of hydrogen-bond donors (Lipinski definition) is 3. The Bertz CT molecular complexity index is 501. The van der Waals surface area contributed by atoms with Gasteiger partial charge in [0.05, 0.1) is 0 Å². The van der Waals surface area contributed by atoms with Gasteiger partial charge in [0.2, 0.25) is 0 Å². The quantitative estimate of drug-likeness (QED) is 0.658. The highest BCUT2D eigenvalue weighted by Gasteiger charge is 2.23. The fraction of sp³-hybridized carbons (Fsp3) is 0.250. The standard InChI is InChI=1S/C12H14N2O5/c1-13-9-4-2-3-8(5-9)6-14(7-10(15)16)11(17)12(18)19/h2-5,13H,6-7H2,1H3,(H,15,16)(H,18,19). The van der Waals surface area contributed by atoms with Crippen molar-refractivity contribution in [2.75, 3.05) is 18.9 Å². The van der Waals surface area contributed by atoms with Crippen molar-refractivity contribution in [2.45, 2.75) is 6.54 Å². The molecule has 0 atom stereocenters. The number of carbonyl (C=O) groups is 3. The van der Waals surface area contributed by atoms with Crippen LogP contribution in [0.5, 0.6) is 0 Å². The van der Waals surface area contributed by atoms with E-state index in [0.29, 0.717) is 5.56 Å². The van der Waals surface area contributed by atoms with E-state index < -0.39 is 24.4 Å². The Morgan fingerprint density at radius 3 is 2.47 bits per heavy atom. The summed E-state index contributed by atoms with van der Waals surface area (Å²) < 4.78 is 0. The molecule has 1 aromatic rings. The molecule has 0 bridgehead atoms. The maximum atomic E-state index is 11.4. The van der Waals surface area contributed by atoms with Crippen molar-refractivity contribution in [1.82, 2.24) is 4.90 Å². The molecule has 1 amide bonds. The number of hydrogen-bond acceptors (Lipinski definition) is 4. The summed E-state index contributed by atoms with van der Waals surface area (Å²) in [4.78, 5) is 33.4. The molecule has 0 aliphatic carbocycles. The van der Waals surface area contributed by atoms with Crippen LogP contribution in [0.1, 0.15) is 5.56 Å². The van der Waals surface area contributed by atoms with Gasteiger partial charge >= 0.3 is 17.8 Å². The lowest BCUT2D eigenvalue weighted by atomic mass is 10.2. The molecule has 0 saturated carbocycles. The van der Waals surface area contributed by atoms with Crippen LogP contribution >= 0.6 is 0 Å². The van der Waals surface area contributed by atoms with E-state index in [1.165, 1.54) is 0 Å². The molecule has 7 nitrogen and oxygen atoms in total. The molecule has 102 valence electrons. The van der Waals surface area contributed by atoms with Crippen LogP contribution in [-0.2, 0) is 20.9 Å². The van der Waals surface area contributed by atoms with E-state index in [9.17, 15) is 14.4 Å². The van der Waals surface area contributed by atoms with Crippen molar-refractivity contribution in [1.29, 1.82) is 0 Å². The Hall–Kier alpha value is -2.57. The lowest BCUT2D eigenvalue weighted by Crippen LogP contribution is -2.39. The number of rotatable bonds is 5. The Balaban J connectivity index is 2.89. The summed E-state index contributed by atoms with van der Waals surface area (Å²) in [5.74, 6) is -4.18. The Labute approximate surface area is 109 Å². The SMILES string of the molecule is CNc1cccc(CN(CC(=O)O)C(=O)C(=O)O)c1. The minimum absolute atomic E-state index is 0.0764. The summed E-state index contributed by atoms with van der Waals surface area (Å²) in [5, 5.41) is 20.2. The molecule has 0 saturated heterocycles. The van der Waals surface area contributed by atoms with Gasteiger partial charge in [-0.1, -0.05) is 12.1 Å². The third kappa shape index (κ3) is 4.30. The first-order valence-corrected chi connectivity index (χ1v) is 5.44. The van der Waals surface area contributed by atoms with Crippen LogP contribution in [-0.4, -0.2) is 46.6 Å². The van der Waals surface area contributed by atoms with Crippen LogP contribution in [0, 0.1) is 0 Å². The molecule has 19 heavy (non-hydrogen) atoms. The largest absolute Gasteiger partial charge is 0.480 e. The fourth-order valence-electron chi connectivity index (χ4n) is 1.54. The minimum atomic E-state index is -1.67. The van der Waals surface area contributed by atoms with Gasteiger partial charge in [0.25, 0.3) is 0 Å². The molecule has 0 aliphatic rings. The van der Waals surface area contributed by atoms with Crippen LogP contribution in [0.4, 0.5) is 5.69 Å². The van der Waals surface area contributed by atoms with Crippen LogP contribution in [0.25, 0.3) is 0 Å². The normalized spacial score (nSPS) is 9.74. The van der Waals surface area contributed by atoms with E-state index in [4.69, 9.17) is 10.2 Å². The summed E-state index contributed by atoms with van der Waals surface area (Å²) >= 11 is 0. The second kappa shape index (κ2) is 6.39. The number of carboxylic acids is 2. The maximum absolute atomic E-state index is 11.4. The third-order valence-corrected chi connectivity index (χ3v) is 2.39. The Kier molecular flexibility index (Phi) is 4.87. The highest BCUT2D eigenvalue weighted by molar-refractivity contribution is 6.31. The predicted octanol–water partition coefficient (Wildman–Crippen LogP) is 0.226. The van der Waals surface area contributed by atoms with Gasteiger partial charge in [-0.15, -0.1) is 0 Å². The zero-order valence-corrected chi connectivity index (χ0v) is 10.3. The lowest BCUT2D eigenvalue weighted by Gasteiger charge is -2.18. The molecule has 0 unspecified atom stereocenters. The van der Waals surface area contributed by atoms with Gasteiger partial charge < -0.3 is 20.4 Å². The highest BCUT2D eigenvalue weighted by Crippen LogP contribution is 2.12. The molecule has 0 fully saturated rings. The molecule has 1 aromatic carbocycles. The van der Waals surface area contributed by atoms with Gasteiger partial charge in [-0.2, -0.15) is 0 Å². The smallest absolute Gasteiger partial charge is 0.394 e. The molecular weight excluding hydrogens is 252 g/mol. The van der Waals surface area contributed by atoms with Crippen molar-refractivity contribution in [3.05, 3.63) is 29.8 Å². The zero-order chi connectivity index (χ0) is 14.4. The van der Waals surface area contributed by atoms with Crippen LogP contribution < -0.4 is 5.32 Å². The van der Waals surface area contributed by atoms with Gasteiger partial charge in [0.1, 0.15) is 6.54 Å². The number of anilines is 1. The van der Waals surface area contributed by atoms with E-state index in [1.807, 2.05) is 0 Å². The van der Waals surface area contributed by atoms with E-state index in [2.05, 4.69) is 5.32 Å². The third-order valence-electron chi connectivity index (χ3n) is 2.39. The minimum Gasteiger partial charge on any atom is -0.480 e. The van der Waals surface area contributed by atoms with Crippen molar-refractivity contribution in [3.63, 3.8) is 0 Å². The Morgan fingerprint density at radius 2 is 1.95 bits per heavy atom. The first-order chi connectivity index (χ1) is 8.93. The van der Waals surface area contributed by atoms with E-state index in [-0.39, 0.29) is 6.54 Å². The van der Waals surface area contributed by atoms with Gasteiger partial charge in [-0.05, 0) is 17.7 Å². The molecule has 0 aromatic heterocycles. The Morgan fingerprint density at radius 1 is 1.26 bits per heavy atom. The molecular formula is C12H14N2O5. The van der Waals surface area contributed by atoms with Crippen LogP contribution in [0.2, 0.25) is 0 Å². The second-order valence-corrected chi connectivity index (χ2v) is 3.81. The number of nitrogens with zero attached hydrogens (tertiary/aromatic N) is 1. The van der Waals surface area contributed by atoms with Gasteiger partial charge in [0, 0.05) is 19.3 Å². The van der Waals surface area contributed by atoms with Crippen molar-refractivity contribution in [2.24, 2.45) is 0 Å². The predicted molar refractivity (Wildman–Crippen MR) is 66.7 cm³/mol. The first-order valence-electron chi connectivity index (χ1n) is 5.44. The molecule has 7 heteroatoms. The topological polar surface area (TPSA) is 107 Å². The average molecular weight is 266 g/mol. The average Bonchev–Trinajstić information content (AvgIpc) is 2.36. The van der Waals surface area contributed by atoms with E-state index in [1.54, 1.807) is 31.3 Å². The van der Waals surface area contributed by atoms with Crippen molar-refractivity contribution in [3.8, 4) is 0 Å². The molecule has 0 spiro atoms. The first kappa shape index (κ1) is 14.5. The molecule has 3 N–H and O–H groups in total. The molecule has 0 aliphatic heterocycles. The van der Waals surface area contributed by atoms with Crippen molar-refractivity contribution >= 4 is 23.5 Å². The van der Waals surface area contributed by atoms with Crippen molar-refractivity contribution < 1.29 is 24.6 Å². The number of benzene rings is 1. The maximum Gasteiger partial charge on any atom is 0.394 e. The number of carbonyl (C=O) groups excluding carboxylic acids is 1. The summed E-state index contributed by atoms with van der Waals surface area (Å²) in [6.07, 6.45) is 0. The van der Waals surface area contributed by atoms with Crippen LogP contribution in [0.3, 0.4) is 0 Å². The summed E-state index contributed by atoms with van der Waals surface area (Å²) in [6.45, 7) is -0.734. The summed E-state index contributed by atoms with van der Waals surface area (Å²) in [5.41, 5.74) is 1.43. The summed E-state index contributed by atoms with van der Waals surface area (Å²) in [6, 6.07) is 6.92. The van der Waals surface area contributed by atoms with Gasteiger partial charge in [-0.25, -0.2) is 4.79 Å². The van der Waals surface area contributed by atoms with Gasteiger partial charge in [-0.3, -0.25) is 9.59 Å². The number of amides is 1. The number of aliphatic carboxylic acids is 2. The monoisotopic (exact) mass is 266 g/mol. The highest BCUT2D eigenvalue weighted by atomic mass is 16.4. The van der Waals surface area contributed by atoms with Crippen LogP contribution in [0.15, 0.2) is 24.3 Å². The molecule has 1 rings (SSSR count). The molecule has 0 heterocycles. The number of carboxylic acid groups (broad SMARTS) is 2. The summed E-state index contributed by atoms with van der Waals surface area (Å²) in [7, 11) is 1.72. The molecule has 0 radical (unpaired) electrons. The lowest BCUT2D eigenvalue weighted by molar-refractivity contribution is -0.158. The van der Waals surface area contributed by atoms with E-state index >= 15 is 0 Å².